The summed E-state index contributed by atoms with van der Waals surface area (Å²) in [5, 5.41) is 3.29. The van der Waals surface area contributed by atoms with Gasteiger partial charge in [-0.3, -0.25) is 0 Å². The molecule has 5 heteroatoms. The predicted molar refractivity (Wildman–Crippen MR) is 69.5 cm³/mol. The number of hydrogen-bond donors (Lipinski definition) is 2. The van der Waals surface area contributed by atoms with Gasteiger partial charge in [0.25, 0.3) is 0 Å². The summed E-state index contributed by atoms with van der Waals surface area (Å²) in [6.07, 6.45) is 2.26. The van der Waals surface area contributed by atoms with Crippen LogP contribution < -0.4 is 11.1 Å². The van der Waals surface area contributed by atoms with Crippen molar-refractivity contribution in [3.05, 3.63) is 28.5 Å². The first-order valence-electron chi connectivity index (χ1n) is 5.74. The Morgan fingerprint density at radius 2 is 2.41 bits per heavy atom. The van der Waals surface area contributed by atoms with Gasteiger partial charge in [0, 0.05) is 18.8 Å². The highest BCUT2D eigenvalue weighted by molar-refractivity contribution is 9.10. The normalized spacial score (nSPS) is 21.5. The highest BCUT2D eigenvalue weighted by Crippen LogP contribution is 2.23. The topological polar surface area (TPSA) is 47.3 Å². The van der Waals surface area contributed by atoms with Crippen molar-refractivity contribution in [2.45, 2.75) is 25.0 Å². The fourth-order valence-electron chi connectivity index (χ4n) is 2.02. The lowest BCUT2D eigenvalue weighted by Crippen LogP contribution is -2.39. The molecule has 1 fully saturated rings. The summed E-state index contributed by atoms with van der Waals surface area (Å²) in [5.74, 6) is -0.267. The molecule has 2 rings (SSSR count). The minimum atomic E-state index is -0.267. The van der Waals surface area contributed by atoms with E-state index in [4.69, 9.17) is 10.5 Å². The molecule has 3 nitrogen and oxygen atoms in total. The maximum atomic E-state index is 13.1. The van der Waals surface area contributed by atoms with E-state index in [0.717, 1.165) is 25.1 Å². The Bertz CT molecular complexity index is 383. The number of rotatable bonds is 4. The number of nitrogens with one attached hydrogen (secondary N) is 1. The molecule has 3 N–H and O–H groups in total. The minimum absolute atomic E-state index is 0.0786. The fourth-order valence-corrected chi connectivity index (χ4v) is 2.40. The Morgan fingerprint density at radius 1 is 1.59 bits per heavy atom. The van der Waals surface area contributed by atoms with Crippen molar-refractivity contribution in [2.75, 3.05) is 18.5 Å². The van der Waals surface area contributed by atoms with Gasteiger partial charge in [-0.05, 0) is 47.0 Å². The monoisotopic (exact) mass is 302 g/mol. The van der Waals surface area contributed by atoms with Crippen LogP contribution in [0.5, 0.6) is 0 Å². The van der Waals surface area contributed by atoms with Crippen molar-refractivity contribution in [1.82, 2.24) is 0 Å². The zero-order valence-electron chi connectivity index (χ0n) is 9.46. The van der Waals surface area contributed by atoms with Gasteiger partial charge in [0.15, 0.2) is 0 Å². The minimum Gasteiger partial charge on any atom is -0.378 e. The van der Waals surface area contributed by atoms with E-state index in [0.29, 0.717) is 11.0 Å². The van der Waals surface area contributed by atoms with E-state index < -0.39 is 0 Å². The summed E-state index contributed by atoms with van der Waals surface area (Å²) in [7, 11) is 0. The van der Waals surface area contributed by atoms with Crippen molar-refractivity contribution in [3.8, 4) is 0 Å². The third kappa shape index (κ3) is 3.18. The molecule has 0 bridgehead atoms. The maximum absolute atomic E-state index is 13.1. The van der Waals surface area contributed by atoms with Gasteiger partial charge < -0.3 is 15.8 Å². The number of anilines is 1. The highest BCUT2D eigenvalue weighted by atomic mass is 79.9. The highest BCUT2D eigenvalue weighted by Gasteiger charge is 2.24. The van der Waals surface area contributed by atoms with E-state index in [9.17, 15) is 4.39 Å². The fraction of sp³-hybridized carbons (Fsp3) is 0.500. The molecule has 1 aromatic rings. The van der Waals surface area contributed by atoms with E-state index in [2.05, 4.69) is 21.2 Å². The van der Waals surface area contributed by atoms with Gasteiger partial charge in [0.1, 0.15) is 5.82 Å². The first-order valence-corrected chi connectivity index (χ1v) is 6.53. The Morgan fingerprint density at radius 3 is 3.00 bits per heavy atom. The van der Waals surface area contributed by atoms with Crippen LogP contribution in [0.25, 0.3) is 0 Å². The third-order valence-electron chi connectivity index (χ3n) is 2.94. The van der Waals surface area contributed by atoms with Crippen LogP contribution in [0.2, 0.25) is 0 Å². The molecule has 0 aliphatic carbocycles. The van der Waals surface area contributed by atoms with E-state index in [1.807, 2.05) is 0 Å². The average Bonchev–Trinajstić information content (AvgIpc) is 2.84. The van der Waals surface area contributed by atoms with E-state index >= 15 is 0 Å². The van der Waals surface area contributed by atoms with Gasteiger partial charge in [-0.15, -0.1) is 0 Å². The van der Waals surface area contributed by atoms with Gasteiger partial charge in [-0.2, -0.15) is 0 Å². The third-order valence-corrected chi connectivity index (χ3v) is 3.55. The molecule has 0 amide bonds. The summed E-state index contributed by atoms with van der Waals surface area (Å²) in [5.41, 5.74) is 6.59. The first kappa shape index (κ1) is 12.8. The van der Waals surface area contributed by atoms with Crippen LogP contribution in [0.15, 0.2) is 22.7 Å². The van der Waals surface area contributed by atoms with Crippen LogP contribution in [0.1, 0.15) is 12.8 Å². The van der Waals surface area contributed by atoms with Crippen molar-refractivity contribution in [2.24, 2.45) is 5.73 Å². The smallest absolute Gasteiger partial charge is 0.137 e. The summed E-state index contributed by atoms with van der Waals surface area (Å²) in [6, 6.07) is 4.93. The lowest BCUT2D eigenvalue weighted by molar-refractivity contribution is 0.0973. The standard InChI is InChI=1S/C12H16BrFN2O/c13-9-6-8(3-4-10(9)14)16-11(7-15)12-2-1-5-17-12/h3-4,6,11-12,16H,1-2,5,7,15H2. The van der Waals surface area contributed by atoms with Crippen LogP contribution in [0, 0.1) is 5.82 Å². The van der Waals surface area contributed by atoms with Gasteiger partial charge >= 0.3 is 0 Å². The summed E-state index contributed by atoms with van der Waals surface area (Å²) < 4.78 is 19.1. The second kappa shape index (κ2) is 5.80. The molecule has 1 aliphatic heterocycles. The van der Waals surface area contributed by atoms with Crippen molar-refractivity contribution < 1.29 is 9.13 Å². The van der Waals surface area contributed by atoms with E-state index in [-0.39, 0.29) is 18.0 Å². The van der Waals surface area contributed by atoms with Crippen LogP contribution in [-0.2, 0) is 4.74 Å². The number of benzene rings is 1. The Labute approximate surface area is 109 Å². The molecule has 1 aliphatic rings. The summed E-state index contributed by atoms with van der Waals surface area (Å²) >= 11 is 3.16. The maximum Gasteiger partial charge on any atom is 0.137 e. The van der Waals surface area contributed by atoms with Crippen LogP contribution in [-0.4, -0.2) is 25.3 Å². The molecule has 0 aromatic heterocycles. The molecule has 1 saturated heterocycles. The van der Waals surface area contributed by atoms with Crippen LogP contribution in [0.4, 0.5) is 10.1 Å². The molecule has 0 saturated carbocycles. The average molecular weight is 303 g/mol. The Balaban J connectivity index is 2.04. The quantitative estimate of drug-likeness (QED) is 0.898. The van der Waals surface area contributed by atoms with Gasteiger partial charge in [0.05, 0.1) is 16.6 Å². The van der Waals surface area contributed by atoms with Crippen molar-refractivity contribution in [3.63, 3.8) is 0 Å². The molecule has 0 radical (unpaired) electrons. The Hall–Kier alpha value is -0.650. The lowest BCUT2D eigenvalue weighted by Gasteiger charge is -2.23. The molecule has 1 aromatic carbocycles. The molecular weight excluding hydrogens is 287 g/mol. The molecule has 17 heavy (non-hydrogen) atoms. The SMILES string of the molecule is NCC(Nc1ccc(F)c(Br)c1)C1CCCO1. The molecule has 2 unspecified atom stereocenters. The number of ether oxygens (including phenoxy) is 1. The van der Waals surface area contributed by atoms with Gasteiger partial charge in [0.2, 0.25) is 0 Å². The van der Waals surface area contributed by atoms with Crippen molar-refractivity contribution >= 4 is 21.6 Å². The molecule has 0 spiro atoms. The number of hydrogen-bond acceptors (Lipinski definition) is 3. The molecular formula is C12H16BrFN2O. The predicted octanol–water partition coefficient (Wildman–Crippen LogP) is 2.51. The zero-order valence-corrected chi connectivity index (χ0v) is 11.0. The van der Waals surface area contributed by atoms with Crippen LogP contribution >= 0.6 is 15.9 Å². The molecule has 1 heterocycles. The van der Waals surface area contributed by atoms with Crippen molar-refractivity contribution in [1.29, 1.82) is 0 Å². The van der Waals surface area contributed by atoms with Gasteiger partial charge in [-0.1, -0.05) is 0 Å². The van der Waals surface area contributed by atoms with E-state index in [1.54, 1.807) is 12.1 Å². The summed E-state index contributed by atoms with van der Waals surface area (Å²) in [4.78, 5) is 0. The molecule has 2 atom stereocenters. The first-order chi connectivity index (χ1) is 8.20. The Kier molecular flexibility index (Phi) is 4.36. The number of halogens is 2. The lowest BCUT2D eigenvalue weighted by atomic mass is 10.1. The second-order valence-electron chi connectivity index (χ2n) is 4.17. The molecule has 94 valence electrons. The second-order valence-corrected chi connectivity index (χ2v) is 5.02. The zero-order chi connectivity index (χ0) is 12.3. The van der Waals surface area contributed by atoms with E-state index in [1.165, 1.54) is 6.07 Å². The largest absolute Gasteiger partial charge is 0.378 e. The van der Waals surface area contributed by atoms with Crippen LogP contribution in [0.3, 0.4) is 0 Å². The summed E-state index contributed by atoms with van der Waals surface area (Å²) in [6.45, 7) is 1.30. The van der Waals surface area contributed by atoms with Gasteiger partial charge in [-0.25, -0.2) is 4.39 Å². The number of nitrogens with two attached hydrogens (primary N) is 1.